The summed E-state index contributed by atoms with van der Waals surface area (Å²) in [6.07, 6.45) is 4.42. The van der Waals surface area contributed by atoms with Crippen LogP contribution in [-0.4, -0.2) is 77.9 Å². The molecular formula is C34H40FN3O4. The Hall–Kier alpha value is -3.49. The number of halogens is 1. The Labute approximate surface area is 247 Å². The molecule has 1 saturated carbocycles. The average Bonchev–Trinajstić information content (AvgIpc) is 3.84. The van der Waals surface area contributed by atoms with Crippen molar-refractivity contribution in [2.45, 2.75) is 62.8 Å². The first kappa shape index (κ1) is 28.6. The fourth-order valence-corrected chi connectivity index (χ4v) is 5.95. The maximum atomic E-state index is 13.8. The van der Waals surface area contributed by atoms with Gasteiger partial charge < -0.3 is 24.4 Å². The summed E-state index contributed by atoms with van der Waals surface area (Å²) >= 11 is 0. The monoisotopic (exact) mass is 573 g/mol. The number of rotatable bonds is 11. The molecule has 1 aromatic heterocycles. The Morgan fingerprint density at radius 3 is 2.48 bits per heavy atom. The van der Waals surface area contributed by atoms with Gasteiger partial charge in [-0.3, -0.25) is 9.78 Å². The first-order valence-electron chi connectivity index (χ1n) is 15.1. The minimum absolute atomic E-state index is 0.0574. The Bertz CT molecular complexity index is 1370. The standard InChI is InChI=1S/C34H40FN3O4/c1-41-33-18-27(10-11-32(33)42-22-24-4-6-25(7-5-24)26-8-9-26)28-19-38(20-28)34(40)30-17-23(12-14-36-30)3-2-15-37-16-13-31(39)29(35)21-37/h4-7,10-12,14,17-18,26,28-29,31,39H,2-3,8-9,13,15-16,19-22H2,1H3/t29-,31+/m0/s1. The van der Waals surface area contributed by atoms with Crippen molar-refractivity contribution in [3.63, 3.8) is 0 Å². The molecule has 3 fully saturated rings. The van der Waals surface area contributed by atoms with E-state index in [1.54, 1.807) is 13.3 Å². The van der Waals surface area contributed by atoms with Crippen LogP contribution in [0.5, 0.6) is 11.5 Å². The molecule has 1 aliphatic carbocycles. The van der Waals surface area contributed by atoms with E-state index >= 15 is 0 Å². The van der Waals surface area contributed by atoms with Gasteiger partial charge in [0, 0.05) is 38.3 Å². The highest BCUT2D eigenvalue weighted by molar-refractivity contribution is 5.93. The van der Waals surface area contributed by atoms with E-state index in [1.807, 2.05) is 29.2 Å². The third kappa shape index (κ3) is 6.76. The maximum Gasteiger partial charge on any atom is 0.272 e. The molecule has 6 rings (SSSR count). The lowest BCUT2D eigenvalue weighted by Gasteiger charge is -2.39. The van der Waals surface area contributed by atoms with Crippen molar-refractivity contribution >= 4 is 5.91 Å². The number of carbonyl (C=O) groups is 1. The van der Waals surface area contributed by atoms with Crippen LogP contribution in [-0.2, 0) is 13.0 Å². The quantitative estimate of drug-likeness (QED) is 0.343. The van der Waals surface area contributed by atoms with E-state index in [1.165, 1.54) is 18.4 Å². The predicted octanol–water partition coefficient (Wildman–Crippen LogP) is 5.12. The van der Waals surface area contributed by atoms with E-state index in [-0.39, 0.29) is 18.4 Å². The van der Waals surface area contributed by atoms with Crippen molar-refractivity contribution in [1.29, 1.82) is 0 Å². The SMILES string of the molecule is COc1cc(C2CN(C(=O)c3cc(CCCN4CC[C@@H](O)[C@@H](F)C4)ccn3)C2)ccc1OCc1ccc(C2CC2)cc1. The number of nitrogens with zero attached hydrogens (tertiary/aromatic N) is 3. The molecule has 2 atom stereocenters. The van der Waals surface area contributed by atoms with E-state index in [0.717, 1.165) is 42.0 Å². The number of ether oxygens (including phenoxy) is 2. The highest BCUT2D eigenvalue weighted by Gasteiger charge is 2.33. The van der Waals surface area contributed by atoms with E-state index in [0.29, 0.717) is 49.9 Å². The first-order chi connectivity index (χ1) is 20.5. The molecule has 2 saturated heterocycles. The zero-order chi connectivity index (χ0) is 29.1. The molecule has 2 aromatic carbocycles. The van der Waals surface area contributed by atoms with Gasteiger partial charge in [-0.15, -0.1) is 0 Å². The van der Waals surface area contributed by atoms with Crippen LogP contribution in [0.2, 0.25) is 0 Å². The number of alkyl halides is 1. The van der Waals surface area contributed by atoms with Crippen molar-refractivity contribution in [2.24, 2.45) is 0 Å². The molecule has 1 amide bonds. The Kier molecular flexibility index (Phi) is 8.72. The summed E-state index contributed by atoms with van der Waals surface area (Å²) < 4.78 is 25.5. The number of hydrogen-bond donors (Lipinski definition) is 1. The van der Waals surface area contributed by atoms with Gasteiger partial charge in [-0.2, -0.15) is 0 Å². The number of aliphatic hydroxyl groups excluding tert-OH is 1. The largest absolute Gasteiger partial charge is 0.493 e. The number of methoxy groups -OCH3 is 1. The smallest absolute Gasteiger partial charge is 0.272 e. The van der Waals surface area contributed by atoms with Crippen LogP contribution >= 0.6 is 0 Å². The predicted molar refractivity (Wildman–Crippen MR) is 159 cm³/mol. The van der Waals surface area contributed by atoms with Gasteiger partial charge in [-0.1, -0.05) is 30.3 Å². The third-order valence-corrected chi connectivity index (χ3v) is 8.83. The summed E-state index contributed by atoms with van der Waals surface area (Å²) in [5, 5.41) is 9.59. The number of aliphatic hydroxyl groups is 1. The van der Waals surface area contributed by atoms with Crippen molar-refractivity contribution in [3.8, 4) is 11.5 Å². The lowest BCUT2D eigenvalue weighted by atomic mass is 9.90. The molecule has 3 aliphatic rings. The average molecular weight is 574 g/mol. The molecule has 1 N–H and O–H groups in total. The Balaban J connectivity index is 0.983. The summed E-state index contributed by atoms with van der Waals surface area (Å²) in [7, 11) is 1.65. The van der Waals surface area contributed by atoms with Crippen molar-refractivity contribution in [1.82, 2.24) is 14.8 Å². The van der Waals surface area contributed by atoms with Crippen LogP contribution in [0.25, 0.3) is 0 Å². The fourth-order valence-electron chi connectivity index (χ4n) is 5.95. The van der Waals surface area contributed by atoms with Crippen LogP contribution in [0.15, 0.2) is 60.8 Å². The summed E-state index contributed by atoms with van der Waals surface area (Å²) in [5.74, 6) is 2.33. The van der Waals surface area contributed by atoms with Gasteiger partial charge in [0.05, 0.1) is 13.2 Å². The van der Waals surface area contributed by atoms with Crippen LogP contribution in [0.1, 0.15) is 70.3 Å². The number of hydrogen-bond acceptors (Lipinski definition) is 6. The molecule has 3 aromatic rings. The lowest BCUT2D eigenvalue weighted by molar-refractivity contribution is 0.00635. The number of aryl methyl sites for hydroxylation is 1. The van der Waals surface area contributed by atoms with E-state index in [4.69, 9.17) is 9.47 Å². The Morgan fingerprint density at radius 1 is 0.952 bits per heavy atom. The molecular weight excluding hydrogens is 533 g/mol. The van der Waals surface area contributed by atoms with Crippen LogP contribution in [0.4, 0.5) is 4.39 Å². The van der Waals surface area contributed by atoms with Gasteiger partial charge in [0.25, 0.3) is 5.91 Å². The second-order valence-electron chi connectivity index (χ2n) is 11.9. The van der Waals surface area contributed by atoms with Gasteiger partial charge in [-0.05, 0) is 91.1 Å². The summed E-state index contributed by atoms with van der Waals surface area (Å²) in [5.41, 5.74) is 5.19. The first-order valence-corrected chi connectivity index (χ1v) is 15.1. The molecule has 0 bridgehead atoms. The number of carbonyl (C=O) groups excluding carboxylic acids is 1. The second-order valence-corrected chi connectivity index (χ2v) is 11.9. The van der Waals surface area contributed by atoms with Gasteiger partial charge in [-0.25, -0.2) is 4.39 Å². The number of amides is 1. The summed E-state index contributed by atoms with van der Waals surface area (Å²) in [4.78, 5) is 21.4. The van der Waals surface area contributed by atoms with Crippen LogP contribution < -0.4 is 9.47 Å². The molecule has 0 spiro atoms. The van der Waals surface area contributed by atoms with E-state index < -0.39 is 12.3 Å². The summed E-state index contributed by atoms with van der Waals surface area (Å²) in [6, 6.07) is 18.6. The highest BCUT2D eigenvalue weighted by atomic mass is 19.1. The van der Waals surface area contributed by atoms with Crippen LogP contribution in [0.3, 0.4) is 0 Å². The molecule has 0 radical (unpaired) electrons. The van der Waals surface area contributed by atoms with E-state index in [9.17, 15) is 14.3 Å². The number of aromatic nitrogens is 1. The molecule has 2 aliphatic heterocycles. The zero-order valence-electron chi connectivity index (χ0n) is 24.3. The zero-order valence-corrected chi connectivity index (χ0v) is 24.3. The summed E-state index contributed by atoms with van der Waals surface area (Å²) in [6.45, 7) is 3.52. The van der Waals surface area contributed by atoms with Crippen molar-refractivity contribution in [2.75, 3.05) is 39.8 Å². The molecule has 7 nitrogen and oxygen atoms in total. The number of benzene rings is 2. The van der Waals surface area contributed by atoms with Crippen molar-refractivity contribution < 1.29 is 23.8 Å². The highest BCUT2D eigenvalue weighted by Crippen LogP contribution is 2.40. The van der Waals surface area contributed by atoms with Gasteiger partial charge in [0.15, 0.2) is 11.5 Å². The third-order valence-electron chi connectivity index (χ3n) is 8.83. The molecule has 3 heterocycles. The molecule has 222 valence electrons. The topological polar surface area (TPSA) is 75.1 Å². The minimum atomic E-state index is -1.17. The minimum Gasteiger partial charge on any atom is -0.493 e. The fraction of sp³-hybridized carbons (Fsp3) is 0.471. The lowest BCUT2D eigenvalue weighted by Crippen LogP contribution is -2.48. The molecule has 0 unspecified atom stereocenters. The second kappa shape index (κ2) is 12.8. The van der Waals surface area contributed by atoms with E-state index in [2.05, 4.69) is 40.2 Å². The van der Waals surface area contributed by atoms with Crippen LogP contribution in [0, 0.1) is 0 Å². The number of piperidine rings is 1. The number of likely N-dealkylation sites (tertiary alicyclic amines) is 2. The van der Waals surface area contributed by atoms with Gasteiger partial charge in [0.1, 0.15) is 18.5 Å². The molecule has 8 heteroatoms. The van der Waals surface area contributed by atoms with Crippen molar-refractivity contribution in [3.05, 3.63) is 88.7 Å². The maximum absolute atomic E-state index is 13.8. The normalized spacial score (nSPS) is 21.2. The van der Waals surface area contributed by atoms with Gasteiger partial charge in [0.2, 0.25) is 0 Å². The van der Waals surface area contributed by atoms with Gasteiger partial charge >= 0.3 is 0 Å². The molecule has 42 heavy (non-hydrogen) atoms. The Morgan fingerprint density at radius 2 is 1.74 bits per heavy atom. The number of pyridine rings is 1.